The number of halogens is 3. The minimum absolute atomic E-state index is 0.00258. The van der Waals surface area contributed by atoms with Gasteiger partial charge in [0.15, 0.2) is 0 Å². The van der Waals surface area contributed by atoms with Crippen LogP contribution in [0.3, 0.4) is 0 Å². The Kier molecular flexibility index (Phi) is 4.70. The van der Waals surface area contributed by atoms with Crippen molar-refractivity contribution >= 4 is 43.2 Å². The largest absolute Gasteiger partial charge is 0.377 e. The van der Waals surface area contributed by atoms with Gasteiger partial charge in [-0.2, -0.15) is 0 Å². The second kappa shape index (κ2) is 5.95. The Morgan fingerprint density at radius 2 is 2.26 bits per heavy atom. The molecule has 0 spiro atoms. The number of benzene rings is 1. The summed E-state index contributed by atoms with van der Waals surface area (Å²) in [4.78, 5) is 0. The molecule has 1 fully saturated rings. The van der Waals surface area contributed by atoms with Crippen LogP contribution in [0, 0.1) is 5.82 Å². The molecule has 19 heavy (non-hydrogen) atoms. The minimum atomic E-state index is -3.59. The van der Waals surface area contributed by atoms with Crippen molar-refractivity contribution in [1.82, 2.24) is 0 Å². The van der Waals surface area contributed by atoms with E-state index < -0.39 is 15.8 Å². The molecule has 0 bridgehead atoms. The van der Waals surface area contributed by atoms with Crippen LogP contribution in [0.2, 0.25) is 5.02 Å². The van der Waals surface area contributed by atoms with Gasteiger partial charge in [-0.1, -0.05) is 11.6 Å². The van der Waals surface area contributed by atoms with E-state index in [1.165, 1.54) is 0 Å². The van der Waals surface area contributed by atoms with Crippen molar-refractivity contribution in [1.29, 1.82) is 0 Å². The van der Waals surface area contributed by atoms with E-state index in [0.717, 1.165) is 25.0 Å². The molecular formula is C11H12BrClFNO3S. The normalized spacial score (nSPS) is 19.6. The van der Waals surface area contributed by atoms with E-state index in [1.807, 2.05) is 0 Å². The zero-order valence-electron chi connectivity index (χ0n) is 9.83. The van der Waals surface area contributed by atoms with Crippen LogP contribution in [0.5, 0.6) is 0 Å². The van der Waals surface area contributed by atoms with E-state index in [9.17, 15) is 12.8 Å². The molecule has 2 rings (SSSR count). The maximum Gasteiger partial charge on any atom is 0.235 e. The summed E-state index contributed by atoms with van der Waals surface area (Å²) in [5, 5.41) is 0.00258. The van der Waals surface area contributed by atoms with E-state index in [-0.39, 0.29) is 27.0 Å². The highest BCUT2D eigenvalue weighted by atomic mass is 79.9. The highest BCUT2D eigenvalue weighted by molar-refractivity contribution is 9.10. The fourth-order valence-electron chi connectivity index (χ4n) is 1.86. The molecule has 0 aromatic heterocycles. The number of rotatable bonds is 4. The van der Waals surface area contributed by atoms with Gasteiger partial charge in [0, 0.05) is 11.1 Å². The lowest BCUT2D eigenvalue weighted by atomic mass is 10.3. The van der Waals surface area contributed by atoms with Crippen molar-refractivity contribution in [2.75, 3.05) is 17.1 Å². The van der Waals surface area contributed by atoms with Crippen LogP contribution in [0.1, 0.15) is 12.8 Å². The highest BCUT2D eigenvalue weighted by Crippen LogP contribution is 2.32. The number of nitrogens with one attached hydrogen (secondary N) is 1. The Bertz CT molecular complexity index is 552. The molecule has 1 unspecified atom stereocenters. The van der Waals surface area contributed by atoms with Crippen LogP contribution in [0.4, 0.5) is 10.1 Å². The average molecular weight is 373 g/mol. The molecule has 0 aliphatic carbocycles. The summed E-state index contributed by atoms with van der Waals surface area (Å²) in [7, 11) is -3.59. The molecular weight excluding hydrogens is 361 g/mol. The molecule has 1 saturated heterocycles. The Morgan fingerprint density at radius 1 is 1.53 bits per heavy atom. The number of sulfonamides is 1. The SMILES string of the molecule is O=S(=O)(CC1CCCO1)Nc1c(Cl)cc(F)cc1Br. The highest BCUT2D eigenvalue weighted by Gasteiger charge is 2.24. The molecule has 1 aromatic carbocycles. The predicted octanol–water partition coefficient (Wildman–Crippen LogP) is 3.16. The van der Waals surface area contributed by atoms with Gasteiger partial charge < -0.3 is 4.74 Å². The van der Waals surface area contributed by atoms with Crippen molar-refractivity contribution in [3.8, 4) is 0 Å². The first-order chi connectivity index (χ1) is 8.87. The third-order valence-corrected chi connectivity index (χ3v) is 4.94. The zero-order chi connectivity index (χ0) is 14.0. The Balaban J connectivity index is 2.15. The van der Waals surface area contributed by atoms with E-state index in [0.29, 0.717) is 6.61 Å². The number of hydrogen-bond donors (Lipinski definition) is 1. The molecule has 1 heterocycles. The molecule has 0 radical (unpaired) electrons. The van der Waals surface area contributed by atoms with E-state index in [4.69, 9.17) is 16.3 Å². The first-order valence-electron chi connectivity index (χ1n) is 5.64. The molecule has 0 saturated carbocycles. The molecule has 1 aliphatic rings. The molecule has 0 amide bonds. The molecule has 1 aliphatic heterocycles. The van der Waals surface area contributed by atoms with Crippen molar-refractivity contribution in [3.05, 3.63) is 27.4 Å². The monoisotopic (exact) mass is 371 g/mol. The lowest BCUT2D eigenvalue weighted by Gasteiger charge is -2.14. The third kappa shape index (κ3) is 4.05. The average Bonchev–Trinajstić information content (AvgIpc) is 2.75. The molecule has 1 aromatic rings. The fourth-order valence-corrected chi connectivity index (χ4v) is 4.31. The Labute approximate surface area is 124 Å². The molecule has 8 heteroatoms. The van der Waals surface area contributed by atoms with E-state index in [2.05, 4.69) is 20.7 Å². The summed E-state index contributed by atoms with van der Waals surface area (Å²) in [6.07, 6.45) is 1.29. The van der Waals surface area contributed by atoms with Crippen LogP contribution in [0.25, 0.3) is 0 Å². The minimum Gasteiger partial charge on any atom is -0.377 e. The maximum atomic E-state index is 13.1. The number of hydrogen-bond acceptors (Lipinski definition) is 3. The van der Waals surface area contributed by atoms with Crippen molar-refractivity contribution < 1.29 is 17.5 Å². The topological polar surface area (TPSA) is 55.4 Å². The van der Waals surface area contributed by atoms with Gasteiger partial charge in [0.25, 0.3) is 0 Å². The Morgan fingerprint density at radius 3 is 2.84 bits per heavy atom. The summed E-state index contributed by atoms with van der Waals surface area (Å²) in [5.74, 6) is -0.674. The summed E-state index contributed by atoms with van der Waals surface area (Å²) >= 11 is 8.91. The zero-order valence-corrected chi connectivity index (χ0v) is 13.0. The maximum absolute atomic E-state index is 13.1. The quantitative estimate of drug-likeness (QED) is 0.883. The van der Waals surface area contributed by atoms with Gasteiger partial charge in [-0.15, -0.1) is 0 Å². The van der Waals surface area contributed by atoms with E-state index >= 15 is 0 Å². The number of anilines is 1. The lowest BCUT2D eigenvalue weighted by molar-refractivity contribution is 0.127. The summed E-state index contributed by atoms with van der Waals surface area (Å²) in [6.45, 7) is 0.585. The molecule has 1 N–H and O–H groups in total. The summed E-state index contributed by atoms with van der Waals surface area (Å²) < 4.78 is 44.9. The van der Waals surface area contributed by atoms with Crippen LogP contribution < -0.4 is 4.72 Å². The lowest BCUT2D eigenvalue weighted by Crippen LogP contribution is -2.26. The van der Waals surface area contributed by atoms with Gasteiger partial charge in [0.2, 0.25) is 10.0 Å². The summed E-state index contributed by atoms with van der Waals surface area (Å²) in [6, 6.07) is 2.20. The van der Waals surface area contributed by atoms with Crippen molar-refractivity contribution in [2.45, 2.75) is 18.9 Å². The predicted molar refractivity (Wildman–Crippen MR) is 75.5 cm³/mol. The van der Waals surface area contributed by atoms with Crippen LogP contribution in [-0.4, -0.2) is 26.9 Å². The van der Waals surface area contributed by atoms with Crippen LogP contribution in [0.15, 0.2) is 16.6 Å². The van der Waals surface area contributed by atoms with E-state index in [1.54, 1.807) is 0 Å². The van der Waals surface area contributed by atoms with Crippen molar-refractivity contribution in [2.24, 2.45) is 0 Å². The van der Waals surface area contributed by atoms with Gasteiger partial charge in [0.05, 0.1) is 22.6 Å². The second-order valence-electron chi connectivity index (χ2n) is 4.26. The first kappa shape index (κ1) is 15.0. The third-order valence-electron chi connectivity index (χ3n) is 2.69. The van der Waals surface area contributed by atoms with Gasteiger partial charge >= 0.3 is 0 Å². The van der Waals surface area contributed by atoms with Crippen LogP contribution in [-0.2, 0) is 14.8 Å². The van der Waals surface area contributed by atoms with Crippen molar-refractivity contribution in [3.63, 3.8) is 0 Å². The molecule has 1 atom stereocenters. The standard InChI is InChI=1S/C11H12BrClFNO3S/c12-9-4-7(14)5-10(13)11(9)15-19(16,17)6-8-2-1-3-18-8/h4-5,8,15H,1-3,6H2. The van der Waals surface area contributed by atoms with Crippen LogP contribution >= 0.6 is 27.5 Å². The summed E-state index contributed by atoms with van der Waals surface area (Å²) in [5.41, 5.74) is 0.140. The Hall–Kier alpha value is -0.370. The fraction of sp³-hybridized carbons (Fsp3) is 0.455. The van der Waals surface area contributed by atoms with Gasteiger partial charge in [-0.3, -0.25) is 4.72 Å². The molecule has 4 nitrogen and oxygen atoms in total. The smallest absolute Gasteiger partial charge is 0.235 e. The van der Waals surface area contributed by atoms with Gasteiger partial charge in [-0.05, 0) is 40.9 Å². The second-order valence-corrected chi connectivity index (χ2v) is 7.29. The van der Waals surface area contributed by atoms with Gasteiger partial charge in [0.1, 0.15) is 5.82 Å². The number of ether oxygens (including phenoxy) is 1. The first-order valence-corrected chi connectivity index (χ1v) is 8.46. The van der Waals surface area contributed by atoms with Gasteiger partial charge in [-0.25, -0.2) is 12.8 Å². The molecule has 106 valence electrons.